The number of pyridine rings is 1. The van der Waals surface area contributed by atoms with E-state index in [1.807, 2.05) is 31.4 Å². The number of rotatable bonds is 4. The average molecular weight is 308 g/mol. The van der Waals surface area contributed by atoms with Crippen molar-refractivity contribution in [2.24, 2.45) is 7.05 Å². The lowest BCUT2D eigenvalue weighted by atomic mass is 10.1. The quantitative estimate of drug-likeness (QED) is 0.907. The Labute approximate surface area is 132 Å². The van der Waals surface area contributed by atoms with Gasteiger partial charge in [-0.15, -0.1) is 0 Å². The molecule has 2 aromatic rings. The number of hydrogen-bond donors (Lipinski definition) is 2. The molecule has 6 heteroatoms. The molecule has 116 valence electrons. The highest BCUT2D eigenvalue weighted by Gasteiger charge is 2.15. The summed E-state index contributed by atoms with van der Waals surface area (Å²) in [6.07, 6.45) is 3.06. The number of aliphatic hydroxyl groups is 1. The minimum Gasteiger partial charge on any atom is -0.385 e. The second kappa shape index (κ2) is 7.06. The van der Waals surface area contributed by atoms with Crippen molar-refractivity contribution in [1.82, 2.24) is 20.1 Å². The smallest absolute Gasteiger partial charge is 0.108 e. The van der Waals surface area contributed by atoms with Gasteiger partial charge in [0.05, 0.1) is 17.6 Å². The number of β-amino-alcohol motifs (C(OH)–C–C–N with tert-alkyl or cyclic N) is 1. The molecule has 0 amide bonds. The van der Waals surface area contributed by atoms with E-state index in [2.05, 4.69) is 36.2 Å². The minimum atomic E-state index is -0.620. The fourth-order valence-corrected chi connectivity index (χ4v) is 1.86. The first-order valence-electron chi connectivity index (χ1n) is 6.74. The third-order valence-electron chi connectivity index (χ3n) is 2.94. The van der Waals surface area contributed by atoms with Crippen molar-refractivity contribution in [3.8, 4) is 11.3 Å². The number of aromatic nitrogens is 3. The summed E-state index contributed by atoms with van der Waals surface area (Å²) < 4.78 is 1.74. The summed E-state index contributed by atoms with van der Waals surface area (Å²) in [5, 5.41) is 17.6. The SMILES string of the molecule is Cn1cc(-c2cccc([C@@H](O)CNC(C)(C)C)n2)cn1.S. The lowest BCUT2D eigenvalue weighted by molar-refractivity contribution is 0.159. The lowest BCUT2D eigenvalue weighted by Crippen LogP contribution is -2.38. The Hall–Kier alpha value is -1.37. The summed E-state index contributed by atoms with van der Waals surface area (Å²) in [5.41, 5.74) is 2.42. The number of nitrogens with zero attached hydrogens (tertiary/aromatic N) is 3. The van der Waals surface area contributed by atoms with E-state index >= 15 is 0 Å². The first kappa shape index (κ1) is 17.7. The van der Waals surface area contributed by atoms with Crippen LogP contribution in [0.3, 0.4) is 0 Å². The van der Waals surface area contributed by atoms with Crippen LogP contribution in [0.25, 0.3) is 11.3 Å². The zero-order chi connectivity index (χ0) is 14.8. The van der Waals surface area contributed by atoms with Crippen molar-refractivity contribution in [3.05, 3.63) is 36.3 Å². The number of aliphatic hydroxyl groups excluding tert-OH is 1. The van der Waals surface area contributed by atoms with Crippen molar-refractivity contribution in [3.63, 3.8) is 0 Å². The second-order valence-corrected chi connectivity index (χ2v) is 6.00. The van der Waals surface area contributed by atoms with Crippen molar-refractivity contribution < 1.29 is 5.11 Å². The molecule has 5 nitrogen and oxygen atoms in total. The molecule has 21 heavy (non-hydrogen) atoms. The van der Waals surface area contributed by atoms with Gasteiger partial charge in [0.15, 0.2) is 0 Å². The van der Waals surface area contributed by atoms with E-state index in [0.29, 0.717) is 12.2 Å². The summed E-state index contributed by atoms with van der Waals surface area (Å²) in [4.78, 5) is 4.51. The van der Waals surface area contributed by atoms with Gasteiger partial charge < -0.3 is 10.4 Å². The Kier molecular flexibility index (Phi) is 5.95. The van der Waals surface area contributed by atoms with Crippen molar-refractivity contribution >= 4 is 13.5 Å². The van der Waals surface area contributed by atoms with Crippen LogP contribution in [0, 0.1) is 0 Å². The third kappa shape index (κ3) is 5.15. The Morgan fingerprint density at radius 2 is 2.05 bits per heavy atom. The molecule has 0 unspecified atom stereocenters. The van der Waals surface area contributed by atoms with Crippen LogP contribution in [-0.2, 0) is 7.05 Å². The zero-order valence-corrected chi connectivity index (χ0v) is 14.0. The molecule has 0 aliphatic rings. The van der Waals surface area contributed by atoms with E-state index in [0.717, 1.165) is 11.3 Å². The van der Waals surface area contributed by atoms with Crippen LogP contribution < -0.4 is 5.32 Å². The highest BCUT2D eigenvalue weighted by Crippen LogP contribution is 2.19. The first-order valence-corrected chi connectivity index (χ1v) is 6.74. The van der Waals surface area contributed by atoms with Crippen LogP contribution in [0.4, 0.5) is 0 Å². The molecule has 2 aromatic heterocycles. The van der Waals surface area contributed by atoms with E-state index in [9.17, 15) is 5.11 Å². The molecule has 0 aliphatic carbocycles. The van der Waals surface area contributed by atoms with Crippen LogP contribution in [0.1, 0.15) is 32.6 Å². The van der Waals surface area contributed by atoms with E-state index in [1.54, 1.807) is 10.9 Å². The van der Waals surface area contributed by atoms with Gasteiger partial charge >= 0.3 is 0 Å². The first-order chi connectivity index (χ1) is 9.35. The normalized spacial score (nSPS) is 12.8. The fraction of sp³-hybridized carbons (Fsp3) is 0.467. The van der Waals surface area contributed by atoms with E-state index in [4.69, 9.17) is 0 Å². The van der Waals surface area contributed by atoms with Crippen molar-refractivity contribution in [2.75, 3.05) is 6.54 Å². The maximum Gasteiger partial charge on any atom is 0.108 e. The van der Waals surface area contributed by atoms with E-state index in [-0.39, 0.29) is 19.0 Å². The topological polar surface area (TPSA) is 63.0 Å². The van der Waals surface area contributed by atoms with Crippen LogP contribution >= 0.6 is 13.5 Å². The highest BCUT2D eigenvalue weighted by atomic mass is 32.1. The molecule has 0 fully saturated rings. The number of hydrogen-bond acceptors (Lipinski definition) is 4. The molecule has 0 spiro atoms. The summed E-state index contributed by atoms with van der Waals surface area (Å²) in [7, 11) is 1.87. The van der Waals surface area contributed by atoms with Crippen LogP contribution in [0.2, 0.25) is 0 Å². The molecule has 0 aliphatic heterocycles. The molecular weight excluding hydrogens is 284 g/mol. The van der Waals surface area contributed by atoms with Crippen LogP contribution in [-0.4, -0.2) is 32.0 Å². The average Bonchev–Trinajstić information content (AvgIpc) is 2.82. The van der Waals surface area contributed by atoms with Gasteiger partial charge in [-0.05, 0) is 32.9 Å². The highest BCUT2D eigenvalue weighted by molar-refractivity contribution is 7.59. The molecule has 2 heterocycles. The third-order valence-corrected chi connectivity index (χ3v) is 2.94. The predicted octanol–water partition coefficient (Wildman–Crippen LogP) is 2.02. The maximum atomic E-state index is 10.2. The fourth-order valence-electron chi connectivity index (χ4n) is 1.86. The Bertz CT molecular complexity index is 577. The van der Waals surface area contributed by atoms with Gasteiger partial charge in [0.1, 0.15) is 6.10 Å². The molecule has 0 saturated heterocycles. The molecule has 1 atom stereocenters. The van der Waals surface area contributed by atoms with Crippen molar-refractivity contribution in [1.29, 1.82) is 0 Å². The van der Waals surface area contributed by atoms with Crippen molar-refractivity contribution in [2.45, 2.75) is 32.4 Å². The Morgan fingerprint density at radius 1 is 1.33 bits per heavy atom. The minimum absolute atomic E-state index is 0. The van der Waals surface area contributed by atoms with Gasteiger partial charge in [-0.25, -0.2) is 4.98 Å². The van der Waals surface area contributed by atoms with Crippen LogP contribution in [0.5, 0.6) is 0 Å². The lowest BCUT2D eigenvalue weighted by Gasteiger charge is -2.22. The zero-order valence-electron chi connectivity index (χ0n) is 13.0. The molecule has 2 rings (SSSR count). The number of aryl methyl sites for hydroxylation is 1. The van der Waals surface area contributed by atoms with Gasteiger partial charge in [0, 0.05) is 30.9 Å². The Balaban J connectivity index is 0.00000220. The van der Waals surface area contributed by atoms with Gasteiger partial charge in [0.2, 0.25) is 0 Å². The van der Waals surface area contributed by atoms with Gasteiger partial charge in [-0.2, -0.15) is 18.6 Å². The summed E-state index contributed by atoms with van der Waals surface area (Å²) >= 11 is 0. The summed E-state index contributed by atoms with van der Waals surface area (Å²) in [6.45, 7) is 6.69. The molecule has 0 saturated carbocycles. The molecule has 2 N–H and O–H groups in total. The molecule has 0 aromatic carbocycles. The standard InChI is InChI=1S/C15H22N4O.H2S/c1-15(2,3)16-9-14(20)13-7-5-6-12(18-13)11-8-17-19(4)10-11;/h5-8,10,14,16,20H,9H2,1-4H3;1H2/t14-;/m0./s1. The molecule has 0 radical (unpaired) electrons. The molecular formula is C15H24N4OS. The van der Waals surface area contributed by atoms with Gasteiger partial charge in [-0.1, -0.05) is 6.07 Å². The number of nitrogens with one attached hydrogen (secondary N) is 1. The summed E-state index contributed by atoms with van der Waals surface area (Å²) in [5.74, 6) is 0. The monoisotopic (exact) mass is 308 g/mol. The van der Waals surface area contributed by atoms with E-state index in [1.165, 1.54) is 0 Å². The largest absolute Gasteiger partial charge is 0.385 e. The van der Waals surface area contributed by atoms with Gasteiger partial charge in [0.25, 0.3) is 0 Å². The summed E-state index contributed by atoms with van der Waals surface area (Å²) in [6, 6.07) is 5.67. The molecule has 0 bridgehead atoms. The maximum absolute atomic E-state index is 10.2. The predicted molar refractivity (Wildman–Crippen MR) is 89.5 cm³/mol. The van der Waals surface area contributed by atoms with E-state index < -0.39 is 6.10 Å². The van der Waals surface area contributed by atoms with Crippen LogP contribution in [0.15, 0.2) is 30.6 Å². The second-order valence-electron chi connectivity index (χ2n) is 6.00. The Morgan fingerprint density at radius 3 is 2.62 bits per heavy atom. The van der Waals surface area contributed by atoms with Gasteiger partial charge in [-0.3, -0.25) is 4.68 Å².